The van der Waals surface area contributed by atoms with Crippen molar-refractivity contribution in [1.29, 1.82) is 0 Å². The van der Waals surface area contributed by atoms with E-state index in [2.05, 4.69) is 5.32 Å². The van der Waals surface area contributed by atoms with Gasteiger partial charge < -0.3 is 19.7 Å². The van der Waals surface area contributed by atoms with E-state index in [9.17, 15) is 9.59 Å². The van der Waals surface area contributed by atoms with Gasteiger partial charge in [-0.05, 0) is 36.6 Å². The van der Waals surface area contributed by atoms with E-state index >= 15 is 0 Å². The molecule has 1 fully saturated rings. The molecule has 3 rings (SSSR count). The second-order valence-electron chi connectivity index (χ2n) is 7.08. The van der Waals surface area contributed by atoms with Gasteiger partial charge in [0.1, 0.15) is 0 Å². The van der Waals surface area contributed by atoms with Crippen LogP contribution in [0.3, 0.4) is 0 Å². The first kappa shape index (κ1) is 20.7. The van der Waals surface area contributed by atoms with E-state index in [1.807, 2.05) is 55.5 Å². The zero-order valence-electron chi connectivity index (χ0n) is 17.2. The first-order valence-electron chi connectivity index (χ1n) is 9.92. The van der Waals surface area contributed by atoms with Crippen molar-refractivity contribution in [3.63, 3.8) is 0 Å². The molecule has 1 saturated heterocycles. The second-order valence-corrected chi connectivity index (χ2v) is 7.08. The highest BCUT2D eigenvalue weighted by Gasteiger charge is 2.43. The Balaban J connectivity index is 1.77. The Hall–Kier alpha value is -3.02. The van der Waals surface area contributed by atoms with Gasteiger partial charge in [0.25, 0.3) is 0 Å². The van der Waals surface area contributed by atoms with Crippen LogP contribution in [-0.4, -0.2) is 44.0 Å². The molecule has 6 heteroatoms. The number of ether oxygens (including phenoxy) is 2. The number of amides is 2. The molecule has 0 spiro atoms. The fraction of sp³-hybridized carbons (Fsp3) is 0.391. The minimum absolute atomic E-state index is 0.00417. The molecule has 0 bridgehead atoms. The Morgan fingerprint density at radius 3 is 2.48 bits per heavy atom. The van der Waals surface area contributed by atoms with Crippen molar-refractivity contribution in [2.75, 3.05) is 27.3 Å². The van der Waals surface area contributed by atoms with E-state index in [1.54, 1.807) is 19.1 Å². The first-order chi connectivity index (χ1) is 14.1. The van der Waals surface area contributed by atoms with Crippen LogP contribution in [0.25, 0.3) is 0 Å². The molecule has 0 aromatic heterocycles. The number of likely N-dealkylation sites (tertiary alicyclic amines) is 1. The molecule has 0 unspecified atom stereocenters. The lowest BCUT2D eigenvalue weighted by molar-refractivity contribution is -0.129. The summed E-state index contributed by atoms with van der Waals surface area (Å²) >= 11 is 0. The maximum absolute atomic E-state index is 13.0. The SMILES string of the molecule is CCN1C(=O)C[C@@H](C(=O)NCCc2ccccc2)[C@@H]1c1ccc(OC)c(OC)c1. The Kier molecular flexibility index (Phi) is 6.75. The van der Waals surface area contributed by atoms with E-state index in [0.717, 1.165) is 12.0 Å². The standard InChI is InChI=1S/C23H28N2O4/c1-4-25-21(26)15-18(23(27)24-13-12-16-8-6-5-7-9-16)22(25)17-10-11-19(28-2)20(14-17)29-3/h5-11,14,18,22H,4,12-13,15H2,1-3H3,(H,24,27)/t18-,22+/m1/s1. The molecular weight excluding hydrogens is 368 g/mol. The van der Waals surface area contributed by atoms with Crippen LogP contribution in [0.2, 0.25) is 0 Å². The van der Waals surface area contributed by atoms with Gasteiger partial charge in [-0.2, -0.15) is 0 Å². The molecular formula is C23H28N2O4. The van der Waals surface area contributed by atoms with Crippen molar-refractivity contribution in [3.8, 4) is 11.5 Å². The molecule has 2 atom stereocenters. The molecule has 0 saturated carbocycles. The second kappa shape index (κ2) is 9.45. The molecule has 154 valence electrons. The summed E-state index contributed by atoms with van der Waals surface area (Å²) in [5.74, 6) is 0.674. The summed E-state index contributed by atoms with van der Waals surface area (Å²) < 4.78 is 10.7. The van der Waals surface area contributed by atoms with Gasteiger partial charge in [0.2, 0.25) is 11.8 Å². The predicted octanol–water partition coefficient (Wildman–Crippen LogP) is 2.97. The molecule has 29 heavy (non-hydrogen) atoms. The van der Waals surface area contributed by atoms with Crippen molar-refractivity contribution in [1.82, 2.24) is 10.2 Å². The summed E-state index contributed by atoms with van der Waals surface area (Å²) in [4.78, 5) is 27.3. The monoisotopic (exact) mass is 396 g/mol. The highest BCUT2D eigenvalue weighted by atomic mass is 16.5. The lowest BCUT2D eigenvalue weighted by Gasteiger charge is -2.28. The van der Waals surface area contributed by atoms with Crippen LogP contribution in [0.4, 0.5) is 0 Å². The predicted molar refractivity (Wildman–Crippen MR) is 111 cm³/mol. The quantitative estimate of drug-likeness (QED) is 0.745. The van der Waals surface area contributed by atoms with Crippen LogP contribution in [-0.2, 0) is 16.0 Å². The van der Waals surface area contributed by atoms with Crippen LogP contribution in [0, 0.1) is 5.92 Å². The zero-order chi connectivity index (χ0) is 20.8. The van der Waals surface area contributed by atoms with E-state index < -0.39 is 5.92 Å². The van der Waals surface area contributed by atoms with Crippen LogP contribution in [0.1, 0.15) is 30.5 Å². The summed E-state index contributed by atoms with van der Waals surface area (Å²) in [6.07, 6.45) is 0.968. The number of hydrogen-bond acceptors (Lipinski definition) is 4. The number of hydrogen-bond donors (Lipinski definition) is 1. The smallest absolute Gasteiger partial charge is 0.226 e. The van der Waals surface area contributed by atoms with Crippen molar-refractivity contribution in [2.45, 2.75) is 25.8 Å². The fourth-order valence-corrected chi connectivity index (χ4v) is 3.95. The Morgan fingerprint density at radius 2 is 1.83 bits per heavy atom. The molecule has 0 aliphatic carbocycles. The minimum Gasteiger partial charge on any atom is -0.493 e. The molecule has 0 radical (unpaired) electrons. The third-order valence-electron chi connectivity index (χ3n) is 5.41. The van der Waals surface area contributed by atoms with Gasteiger partial charge >= 0.3 is 0 Å². The summed E-state index contributed by atoms with van der Waals surface area (Å²) in [6, 6.07) is 15.3. The van der Waals surface area contributed by atoms with Gasteiger partial charge in [-0.15, -0.1) is 0 Å². The topological polar surface area (TPSA) is 67.9 Å². The largest absolute Gasteiger partial charge is 0.493 e. The van der Waals surface area contributed by atoms with E-state index in [-0.39, 0.29) is 24.3 Å². The average molecular weight is 396 g/mol. The van der Waals surface area contributed by atoms with Crippen LogP contribution < -0.4 is 14.8 Å². The van der Waals surface area contributed by atoms with E-state index in [1.165, 1.54) is 5.56 Å². The van der Waals surface area contributed by atoms with Crippen molar-refractivity contribution >= 4 is 11.8 Å². The van der Waals surface area contributed by atoms with Gasteiger partial charge in [0.05, 0.1) is 26.2 Å². The highest BCUT2D eigenvalue weighted by Crippen LogP contribution is 2.41. The molecule has 1 aliphatic heterocycles. The summed E-state index contributed by atoms with van der Waals surface area (Å²) in [7, 11) is 3.16. The van der Waals surface area contributed by atoms with Crippen LogP contribution in [0.5, 0.6) is 11.5 Å². The number of carbonyl (C=O) groups excluding carboxylic acids is 2. The fourth-order valence-electron chi connectivity index (χ4n) is 3.95. The van der Waals surface area contributed by atoms with Gasteiger partial charge in [0.15, 0.2) is 11.5 Å². The van der Waals surface area contributed by atoms with Crippen LogP contribution >= 0.6 is 0 Å². The number of methoxy groups -OCH3 is 2. The number of carbonyl (C=O) groups is 2. The van der Waals surface area contributed by atoms with Gasteiger partial charge in [0, 0.05) is 19.5 Å². The number of rotatable bonds is 8. The minimum atomic E-state index is -0.434. The summed E-state index contributed by atoms with van der Waals surface area (Å²) in [5, 5.41) is 3.02. The van der Waals surface area contributed by atoms with Crippen molar-refractivity contribution in [2.24, 2.45) is 5.92 Å². The number of benzene rings is 2. The lowest BCUT2D eigenvalue weighted by Crippen LogP contribution is -2.36. The third-order valence-corrected chi connectivity index (χ3v) is 5.41. The van der Waals surface area contributed by atoms with E-state index in [0.29, 0.717) is 24.6 Å². The molecule has 2 aromatic rings. The van der Waals surface area contributed by atoms with Crippen molar-refractivity contribution < 1.29 is 19.1 Å². The zero-order valence-corrected chi connectivity index (χ0v) is 17.2. The normalized spacial score (nSPS) is 18.6. The molecule has 1 aliphatic rings. The Morgan fingerprint density at radius 1 is 1.10 bits per heavy atom. The molecule has 1 N–H and O–H groups in total. The highest BCUT2D eigenvalue weighted by molar-refractivity contribution is 5.90. The molecule has 2 aromatic carbocycles. The van der Waals surface area contributed by atoms with Crippen LogP contribution in [0.15, 0.2) is 48.5 Å². The van der Waals surface area contributed by atoms with Gasteiger partial charge in [-0.3, -0.25) is 9.59 Å². The average Bonchev–Trinajstić information content (AvgIpc) is 3.10. The molecule has 2 amide bonds. The lowest BCUT2D eigenvalue weighted by atomic mass is 9.92. The molecule has 6 nitrogen and oxygen atoms in total. The first-order valence-corrected chi connectivity index (χ1v) is 9.92. The number of nitrogens with one attached hydrogen (secondary N) is 1. The Bertz CT molecular complexity index is 853. The molecule has 1 heterocycles. The maximum Gasteiger partial charge on any atom is 0.226 e. The summed E-state index contributed by atoms with van der Waals surface area (Å²) in [5.41, 5.74) is 2.04. The van der Waals surface area contributed by atoms with E-state index in [4.69, 9.17) is 9.47 Å². The number of nitrogens with zero attached hydrogens (tertiary/aromatic N) is 1. The third kappa shape index (κ3) is 4.53. The van der Waals surface area contributed by atoms with Gasteiger partial charge in [-0.25, -0.2) is 0 Å². The van der Waals surface area contributed by atoms with Crippen molar-refractivity contribution in [3.05, 3.63) is 59.7 Å². The maximum atomic E-state index is 13.0. The Labute approximate surface area is 171 Å². The summed E-state index contributed by atoms with van der Waals surface area (Å²) in [6.45, 7) is 3.02. The van der Waals surface area contributed by atoms with Gasteiger partial charge in [-0.1, -0.05) is 36.4 Å².